The maximum atomic E-state index is 12.8. The average molecular weight is 429 g/mol. The second-order valence-electron chi connectivity index (χ2n) is 7.61. The van der Waals surface area contributed by atoms with Gasteiger partial charge < -0.3 is 15.5 Å². The maximum Gasteiger partial charge on any atom is 0.327 e. The summed E-state index contributed by atoms with van der Waals surface area (Å²) >= 11 is 0. The molecule has 0 fully saturated rings. The van der Waals surface area contributed by atoms with Gasteiger partial charge in [0.1, 0.15) is 6.33 Å². The van der Waals surface area contributed by atoms with Gasteiger partial charge in [-0.3, -0.25) is 9.69 Å². The highest BCUT2D eigenvalue weighted by atomic mass is 16.2. The molecule has 2 N–H and O–H groups in total. The van der Waals surface area contributed by atoms with Crippen LogP contribution in [-0.2, 0) is 0 Å². The van der Waals surface area contributed by atoms with Crippen molar-refractivity contribution in [3.8, 4) is 0 Å². The van der Waals surface area contributed by atoms with E-state index in [1.807, 2.05) is 50.2 Å². The highest BCUT2D eigenvalue weighted by molar-refractivity contribution is 6.06. The van der Waals surface area contributed by atoms with Crippen molar-refractivity contribution in [1.29, 1.82) is 0 Å². The Morgan fingerprint density at radius 1 is 0.969 bits per heavy atom. The molecule has 0 saturated carbocycles. The van der Waals surface area contributed by atoms with Gasteiger partial charge in [0.05, 0.1) is 5.22 Å². The monoisotopic (exact) mass is 429 g/mol. The van der Waals surface area contributed by atoms with Crippen molar-refractivity contribution in [2.75, 3.05) is 41.6 Å². The smallest absolute Gasteiger partial charge is 0.327 e. The van der Waals surface area contributed by atoms with E-state index in [-0.39, 0.29) is 11.9 Å². The van der Waals surface area contributed by atoms with Gasteiger partial charge >= 0.3 is 6.03 Å². The molecule has 0 spiro atoms. The number of urea groups is 1. The molecule has 3 amide bonds. The SMILES string of the molecule is Cc1ccc(C(=O)Nc2cccc(N(C)C)c2)cc1NC(=O)N(C)c1ncnc2c1=CN=2. The zero-order valence-corrected chi connectivity index (χ0v) is 18.2. The van der Waals surface area contributed by atoms with Gasteiger partial charge in [-0.2, -0.15) is 0 Å². The number of nitrogens with zero attached hydrogens (tertiary/aromatic N) is 5. The molecule has 32 heavy (non-hydrogen) atoms. The molecule has 0 bridgehead atoms. The fourth-order valence-corrected chi connectivity index (χ4v) is 3.18. The molecule has 9 nitrogen and oxygen atoms in total. The first kappa shape index (κ1) is 21.0. The number of aryl methyl sites for hydroxylation is 1. The summed E-state index contributed by atoms with van der Waals surface area (Å²) in [6.07, 6.45) is 2.99. The van der Waals surface area contributed by atoms with Gasteiger partial charge in [0.15, 0.2) is 11.3 Å². The summed E-state index contributed by atoms with van der Waals surface area (Å²) in [4.78, 5) is 41.2. The van der Waals surface area contributed by atoms with Crippen molar-refractivity contribution in [3.05, 3.63) is 70.6 Å². The van der Waals surface area contributed by atoms with Crippen molar-refractivity contribution in [2.24, 2.45) is 4.99 Å². The van der Waals surface area contributed by atoms with E-state index in [9.17, 15) is 9.59 Å². The third-order valence-corrected chi connectivity index (χ3v) is 5.14. The molecule has 0 unspecified atom stereocenters. The summed E-state index contributed by atoms with van der Waals surface area (Å²) in [6, 6.07) is 12.4. The normalized spacial score (nSPS) is 11.2. The molecular weight excluding hydrogens is 406 g/mol. The third kappa shape index (κ3) is 4.13. The van der Waals surface area contributed by atoms with Crippen LogP contribution in [0.25, 0.3) is 6.20 Å². The Bertz CT molecular complexity index is 1330. The number of anilines is 4. The van der Waals surface area contributed by atoms with Crippen molar-refractivity contribution in [3.63, 3.8) is 0 Å². The Balaban J connectivity index is 1.51. The van der Waals surface area contributed by atoms with E-state index in [4.69, 9.17) is 0 Å². The molecular formula is C23H23N7O2. The van der Waals surface area contributed by atoms with Crippen LogP contribution in [0, 0.1) is 6.92 Å². The summed E-state index contributed by atoms with van der Waals surface area (Å²) in [7, 11) is 5.50. The number of benzene rings is 2. The number of aromatic nitrogens is 2. The lowest BCUT2D eigenvalue weighted by Gasteiger charge is -2.19. The molecule has 1 aliphatic rings. The number of rotatable bonds is 5. The van der Waals surface area contributed by atoms with Crippen LogP contribution in [0.4, 0.5) is 27.7 Å². The van der Waals surface area contributed by atoms with Crippen molar-refractivity contribution in [2.45, 2.75) is 6.92 Å². The van der Waals surface area contributed by atoms with Gasteiger partial charge in [-0.05, 0) is 42.8 Å². The molecule has 1 aromatic heterocycles. The lowest BCUT2D eigenvalue weighted by Crippen LogP contribution is -2.43. The largest absolute Gasteiger partial charge is 0.378 e. The number of nitrogens with one attached hydrogen (secondary N) is 2. The molecule has 162 valence electrons. The van der Waals surface area contributed by atoms with Crippen LogP contribution in [0.1, 0.15) is 15.9 Å². The number of hydrogen-bond acceptors (Lipinski definition) is 6. The first-order valence-corrected chi connectivity index (χ1v) is 9.96. The standard InChI is InChI=1S/C23H23N7O2/c1-14-8-9-15(22(31)27-16-6-5-7-17(11-16)29(2)3)10-19(14)28-23(32)30(4)21-18-12-24-20(18)25-13-26-21/h5-13H,1-4H3,(H,27,31)(H,28,32). The van der Waals surface area contributed by atoms with E-state index in [0.717, 1.165) is 16.5 Å². The van der Waals surface area contributed by atoms with Gasteiger partial charge in [-0.15, -0.1) is 0 Å². The lowest BCUT2D eigenvalue weighted by atomic mass is 10.1. The van der Waals surface area contributed by atoms with E-state index in [0.29, 0.717) is 28.2 Å². The van der Waals surface area contributed by atoms with Crippen LogP contribution in [0.15, 0.2) is 53.8 Å². The fourth-order valence-electron chi connectivity index (χ4n) is 3.18. The van der Waals surface area contributed by atoms with Crippen LogP contribution in [0.3, 0.4) is 0 Å². The number of carbonyl (C=O) groups is 2. The first-order chi connectivity index (χ1) is 15.3. The number of amides is 3. The average Bonchev–Trinajstić information content (AvgIpc) is 2.75. The van der Waals surface area contributed by atoms with E-state index in [1.165, 1.54) is 11.2 Å². The zero-order chi connectivity index (χ0) is 22.8. The summed E-state index contributed by atoms with van der Waals surface area (Å²) in [5, 5.41) is 6.48. The van der Waals surface area contributed by atoms with Crippen molar-refractivity contribution in [1.82, 2.24) is 9.97 Å². The molecule has 2 heterocycles. The van der Waals surface area contributed by atoms with Crippen LogP contribution in [-0.4, -0.2) is 43.0 Å². The van der Waals surface area contributed by atoms with Gasteiger partial charge in [0, 0.05) is 50.0 Å². The van der Waals surface area contributed by atoms with Crippen molar-refractivity contribution < 1.29 is 9.59 Å². The van der Waals surface area contributed by atoms with Crippen LogP contribution in [0.2, 0.25) is 0 Å². The summed E-state index contributed by atoms with van der Waals surface area (Å²) in [5.74, 6) is 0.202. The highest BCUT2D eigenvalue weighted by Gasteiger charge is 2.18. The highest BCUT2D eigenvalue weighted by Crippen LogP contribution is 2.21. The lowest BCUT2D eigenvalue weighted by molar-refractivity contribution is 0.102. The van der Waals surface area contributed by atoms with E-state index >= 15 is 0 Å². The molecule has 0 aliphatic carbocycles. The quantitative estimate of drug-likeness (QED) is 0.647. The molecule has 1 aliphatic heterocycles. The van der Waals surface area contributed by atoms with Gasteiger partial charge in [-0.25, -0.2) is 19.8 Å². The predicted molar refractivity (Wildman–Crippen MR) is 125 cm³/mol. The Labute approximate surface area is 185 Å². The Hall–Kier alpha value is -4.27. The minimum absolute atomic E-state index is 0.266. The molecule has 2 aromatic carbocycles. The molecule has 4 rings (SSSR count). The van der Waals surface area contributed by atoms with E-state index in [2.05, 4.69) is 25.6 Å². The minimum Gasteiger partial charge on any atom is -0.378 e. The molecule has 0 atom stereocenters. The third-order valence-electron chi connectivity index (χ3n) is 5.14. The predicted octanol–water partition coefficient (Wildman–Crippen LogP) is 2.14. The summed E-state index contributed by atoms with van der Waals surface area (Å²) < 4.78 is 0. The Morgan fingerprint density at radius 3 is 2.50 bits per heavy atom. The van der Waals surface area contributed by atoms with Crippen LogP contribution in [0.5, 0.6) is 0 Å². The second-order valence-corrected chi connectivity index (χ2v) is 7.61. The van der Waals surface area contributed by atoms with E-state index < -0.39 is 0 Å². The zero-order valence-electron chi connectivity index (χ0n) is 18.2. The number of hydrogen-bond donors (Lipinski definition) is 2. The topological polar surface area (TPSA) is 103 Å². The first-order valence-electron chi connectivity index (χ1n) is 9.96. The van der Waals surface area contributed by atoms with E-state index in [1.54, 1.807) is 31.4 Å². The maximum absolute atomic E-state index is 12.8. The molecule has 3 aromatic rings. The Morgan fingerprint density at radius 2 is 1.78 bits per heavy atom. The number of fused-ring (bicyclic) bond motifs is 1. The van der Waals surface area contributed by atoms with Crippen molar-refractivity contribution >= 4 is 41.0 Å². The number of carbonyl (C=O) groups excluding carboxylic acids is 2. The molecule has 0 radical (unpaired) electrons. The van der Waals surface area contributed by atoms with Gasteiger partial charge in [-0.1, -0.05) is 12.1 Å². The Kier molecular flexibility index (Phi) is 5.55. The second kappa shape index (κ2) is 8.46. The minimum atomic E-state index is -0.384. The molecule has 0 saturated heterocycles. The summed E-state index contributed by atoms with van der Waals surface area (Å²) in [5.41, 5.74) is 4.03. The molecule has 9 heteroatoms. The fraction of sp³-hybridized carbons (Fsp3) is 0.174. The van der Waals surface area contributed by atoms with Crippen LogP contribution >= 0.6 is 0 Å². The summed E-state index contributed by atoms with van der Waals surface area (Å²) in [6.45, 7) is 1.86. The van der Waals surface area contributed by atoms with Gasteiger partial charge in [0.25, 0.3) is 5.91 Å². The van der Waals surface area contributed by atoms with Crippen LogP contribution < -0.4 is 31.1 Å². The van der Waals surface area contributed by atoms with Gasteiger partial charge in [0.2, 0.25) is 0 Å².